The number of benzene rings is 1. The van der Waals surface area contributed by atoms with Gasteiger partial charge in [0, 0.05) is 12.0 Å². The van der Waals surface area contributed by atoms with Gasteiger partial charge in [-0.2, -0.15) is 0 Å². The first-order valence-corrected chi connectivity index (χ1v) is 7.60. The second-order valence-corrected chi connectivity index (χ2v) is 6.79. The molecule has 0 aromatic heterocycles. The van der Waals surface area contributed by atoms with Crippen molar-refractivity contribution in [3.8, 4) is 5.75 Å². The van der Waals surface area contributed by atoms with Gasteiger partial charge in [-0.3, -0.25) is 0 Å². The molecule has 102 valence electrons. The maximum atomic E-state index is 5.48. The summed E-state index contributed by atoms with van der Waals surface area (Å²) < 4.78 is 5.48. The van der Waals surface area contributed by atoms with Crippen LogP contribution < -0.4 is 4.74 Å². The summed E-state index contributed by atoms with van der Waals surface area (Å²) in [5.74, 6) is 2.71. The van der Waals surface area contributed by atoms with Crippen LogP contribution in [0.4, 0.5) is 0 Å². The van der Waals surface area contributed by atoms with Crippen molar-refractivity contribution in [1.82, 2.24) is 4.90 Å². The molecule has 1 aliphatic heterocycles. The third kappa shape index (κ3) is 1.53. The number of hydrogen-bond acceptors (Lipinski definition) is 2. The predicted molar refractivity (Wildman–Crippen MR) is 76.9 cm³/mol. The van der Waals surface area contributed by atoms with Crippen molar-refractivity contribution in [2.75, 3.05) is 27.2 Å². The lowest BCUT2D eigenvalue weighted by molar-refractivity contribution is 0.0468. The van der Waals surface area contributed by atoms with Crippen molar-refractivity contribution in [3.63, 3.8) is 0 Å². The summed E-state index contributed by atoms with van der Waals surface area (Å²) in [7, 11) is 4.06. The quantitative estimate of drug-likeness (QED) is 0.766. The molecule has 3 aliphatic carbocycles. The Morgan fingerprint density at radius 1 is 1.32 bits per heavy atom. The summed E-state index contributed by atoms with van der Waals surface area (Å²) in [4.78, 5) is 2.52. The zero-order chi connectivity index (χ0) is 13.0. The van der Waals surface area contributed by atoms with E-state index >= 15 is 0 Å². The number of ether oxygens (including phenoxy) is 1. The van der Waals surface area contributed by atoms with Gasteiger partial charge in [-0.25, -0.2) is 0 Å². The third-order valence-electron chi connectivity index (χ3n) is 6.00. The minimum absolute atomic E-state index is 0.463. The monoisotopic (exact) mass is 257 g/mol. The second kappa shape index (κ2) is 3.99. The van der Waals surface area contributed by atoms with Crippen LogP contribution in [0.2, 0.25) is 0 Å². The molecule has 1 aromatic rings. The van der Waals surface area contributed by atoms with Crippen LogP contribution in [0.15, 0.2) is 18.2 Å². The fourth-order valence-corrected chi connectivity index (χ4v) is 4.98. The molecule has 1 saturated heterocycles. The zero-order valence-electron chi connectivity index (χ0n) is 12.0. The lowest BCUT2D eigenvalue weighted by Gasteiger charge is -2.57. The zero-order valence-corrected chi connectivity index (χ0v) is 12.0. The molecule has 0 N–H and O–H groups in total. The topological polar surface area (TPSA) is 12.5 Å². The van der Waals surface area contributed by atoms with Crippen LogP contribution in [0.5, 0.6) is 5.75 Å². The van der Waals surface area contributed by atoms with Crippen molar-refractivity contribution in [3.05, 3.63) is 29.3 Å². The summed E-state index contributed by atoms with van der Waals surface area (Å²) in [6.07, 6.45) is 5.54. The van der Waals surface area contributed by atoms with Crippen LogP contribution in [0, 0.1) is 5.92 Å². The summed E-state index contributed by atoms with van der Waals surface area (Å²) in [6.45, 7) is 2.53. The number of methoxy groups -OCH3 is 1. The lowest BCUT2D eigenvalue weighted by atomic mass is 9.50. The highest BCUT2D eigenvalue weighted by molar-refractivity contribution is 5.47. The van der Waals surface area contributed by atoms with E-state index in [0.29, 0.717) is 5.41 Å². The highest BCUT2D eigenvalue weighted by Gasteiger charge is 2.52. The Labute approximate surface area is 115 Å². The van der Waals surface area contributed by atoms with Crippen molar-refractivity contribution in [2.45, 2.75) is 37.0 Å². The van der Waals surface area contributed by atoms with E-state index < -0.39 is 0 Å². The van der Waals surface area contributed by atoms with Crippen LogP contribution in [0.3, 0.4) is 0 Å². The molecule has 2 bridgehead atoms. The minimum Gasteiger partial charge on any atom is -0.497 e. The van der Waals surface area contributed by atoms with Gasteiger partial charge in [0.15, 0.2) is 0 Å². The molecular formula is C17H23NO. The smallest absolute Gasteiger partial charge is 0.119 e. The van der Waals surface area contributed by atoms with E-state index in [9.17, 15) is 0 Å². The number of fused-ring (bicyclic) bond motifs is 1. The highest BCUT2D eigenvalue weighted by atomic mass is 16.5. The van der Waals surface area contributed by atoms with Crippen LogP contribution in [0.25, 0.3) is 0 Å². The number of rotatable bonds is 1. The molecule has 3 atom stereocenters. The van der Waals surface area contributed by atoms with Crippen LogP contribution >= 0.6 is 0 Å². The second-order valence-electron chi connectivity index (χ2n) is 6.79. The van der Waals surface area contributed by atoms with E-state index in [1.807, 2.05) is 0 Å². The first kappa shape index (κ1) is 11.8. The van der Waals surface area contributed by atoms with E-state index in [4.69, 9.17) is 4.74 Å². The minimum atomic E-state index is 0.463. The maximum Gasteiger partial charge on any atom is 0.119 e. The summed E-state index contributed by atoms with van der Waals surface area (Å²) in [6, 6.07) is 6.84. The molecule has 1 spiro atoms. The molecule has 0 radical (unpaired) electrons. The van der Waals surface area contributed by atoms with Gasteiger partial charge in [-0.05, 0) is 74.4 Å². The molecule has 5 rings (SSSR count). The molecule has 4 aliphatic rings. The van der Waals surface area contributed by atoms with Crippen molar-refractivity contribution in [1.29, 1.82) is 0 Å². The Morgan fingerprint density at radius 2 is 2.21 bits per heavy atom. The van der Waals surface area contributed by atoms with Crippen LogP contribution in [-0.2, 0) is 5.41 Å². The normalized spacial score (nSPS) is 36.7. The van der Waals surface area contributed by atoms with Gasteiger partial charge in [-0.15, -0.1) is 0 Å². The Morgan fingerprint density at radius 3 is 3.05 bits per heavy atom. The van der Waals surface area contributed by atoms with Gasteiger partial charge < -0.3 is 9.64 Å². The Bertz CT molecular complexity index is 512. The van der Waals surface area contributed by atoms with Crippen molar-refractivity contribution < 1.29 is 4.74 Å². The Hall–Kier alpha value is -1.02. The first-order valence-electron chi connectivity index (χ1n) is 7.60. The van der Waals surface area contributed by atoms with Gasteiger partial charge in [0.25, 0.3) is 0 Å². The largest absolute Gasteiger partial charge is 0.497 e. The fourth-order valence-electron chi connectivity index (χ4n) is 4.98. The third-order valence-corrected chi connectivity index (χ3v) is 6.00. The van der Waals surface area contributed by atoms with Gasteiger partial charge in [-0.1, -0.05) is 6.07 Å². The standard InChI is InChI=1S/C17H23NO/c1-18-8-7-17-6-5-12(9-13(17)11-18)15-4-3-14(19-2)10-16(15)17/h3-4,10,12-13H,5-9,11H2,1-2H3/t12-,13+,17-/m0/s1. The van der Waals surface area contributed by atoms with Crippen LogP contribution in [0.1, 0.15) is 42.7 Å². The molecule has 1 aromatic carbocycles. The number of piperidine rings is 1. The van der Waals surface area contributed by atoms with E-state index in [-0.39, 0.29) is 0 Å². The molecule has 0 amide bonds. The Balaban J connectivity index is 1.85. The van der Waals surface area contributed by atoms with E-state index in [0.717, 1.165) is 17.6 Å². The summed E-state index contributed by atoms with van der Waals surface area (Å²) in [5.41, 5.74) is 3.73. The number of nitrogens with zero attached hydrogens (tertiary/aromatic N) is 1. The van der Waals surface area contributed by atoms with E-state index in [2.05, 4.69) is 30.1 Å². The molecule has 1 saturated carbocycles. The molecule has 19 heavy (non-hydrogen) atoms. The van der Waals surface area contributed by atoms with Gasteiger partial charge in [0.1, 0.15) is 5.75 Å². The van der Waals surface area contributed by atoms with E-state index in [1.54, 1.807) is 18.2 Å². The first-order chi connectivity index (χ1) is 9.23. The lowest BCUT2D eigenvalue weighted by Crippen LogP contribution is -2.54. The van der Waals surface area contributed by atoms with Crippen molar-refractivity contribution >= 4 is 0 Å². The van der Waals surface area contributed by atoms with Gasteiger partial charge >= 0.3 is 0 Å². The number of likely N-dealkylation sites (tertiary alicyclic amines) is 1. The summed E-state index contributed by atoms with van der Waals surface area (Å²) >= 11 is 0. The molecule has 0 unspecified atom stereocenters. The van der Waals surface area contributed by atoms with Crippen LogP contribution in [-0.4, -0.2) is 32.1 Å². The van der Waals surface area contributed by atoms with Crippen molar-refractivity contribution in [2.24, 2.45) is 5.92 Å². The molecular weight excluding hydrogens is 234 g/mol. The SMILES string of the molecule is COc1ccc2c(c1)[C@]13CC[C@H]2C[C@@H]1CN(C)CC3. The summed E-state index contributed by atoms with van der Waals surface area (Å²) in [5, 5.41) is 0. The van der Waals surface area contributed by atoms with E-state index in [1.165, 1.54) is 38.8 Å². The predicted octanol–water partition coefficient (Wildman–Crippen LogP) is 3.17. The molecule has 2 heteroatoms. The fraction of sp³-hybridized carbons (Fsp3) is 0.647. The average Bonchev–Trinajstić information content (AvgIpc) is 2.46. The molecule has 1 heterocycles. The highest BCUT2D eigenvalue weighted by Crippen LogP contribution is 2.59. The molecule has 2 fully saturated rings. The molecule has 2 nitrogen and oxygen atoms in total. The average molecular weight is 257 g/mol. The van der Waals surface area contributed by atoms with Gasteiger partial charge in [0.2, 0.25) is 0 Å². The number of hydrogen-bond donors (Lipinski definition) is 0. The van der Waals surface area contributed by atoms with Gasteiger partial charge in [0.05, 0.1) is 7.11 Å². The maximum absolute atomic E-state index is 5.48. The Kier molecular flexibility index (Phi) is 2.47.